The van der Waals surface area contributed by atoms with Crippen molar-refractivity contribution in [3.05, 3.63) is 0 Å². The van der Waals surface area contributed by atoms with Gasteiger partial charge in [0.05, 0.1) is 20.2 Å². The van der Waals surface area contributed by atoms with E-state index < -0.39 is 37.2 Å². The van der Waals surface area contributed by atoms with Crippen molar-refractivity contribution >= 4 is 11.9 Å². The van der Waals surface area contributed by atoms with Crippen molar-refractivity contribution in [3.63, 3.8) is 0 Å². The van der Waals surface area contributed by atoms with E-state index in [-0.39, 0.29) is 0 Å². The Morgan fingerprint density at radius 3 is 2.38 bits per heavy atom. The second kappa shape index (κ2) is 6.31. The average molecular weight is 242 g/mol. The van der Waals surface area contributed by atoms with E-state index in [0.29, 0.717) is 0 Å². The van der Waals surface area contributed by atoms with E-state index in [2.05, 4.69) is 10.1 Å². The number of halogens is 3. The number of alkyl halides is 3. The number of carbonyl (C=O) groups is 2. The fourth-order valence-corrected chi connectivity index (χ4v) is 0.846. The summed E-state index contributed by atoms with van der Waals surface area (Å²) in [5, 5.41) is 4.07. The van der Waals surface area contributed by atoms with Crippen molar-refractivity contribution in [2.45, 2.75) is 19.1 Å². The third-order valence-electron chi connectivity index (χ3n) is 1.54. The molecule has 0 bridgehead atoms. The second-order valence-corrected chi connectivity index (χ2v) is 3.03. The molecule has 0 aliphatic carbocycles. The molecule has 94 valence electrons. The molecule has 5 nitrogen and oxygen atoms in total. The third kappa shape index (κ3) is 7.04. The van der Waals surface area contributed by atoms with Gasteiger partial charge in [-0.2, -0.15) is 13.2 Å². The molecule has 0 aliphatic heterocycles. The zero-order valence-electron chi connectivity index (χ0n) is 8.85. The fraction of sp³-hybridized carbons (Fsp3) is 0.750. The van der Waals surface area contributed by atoms with Gasteiger partial charge in [0.15, 0.2) is 0 Å². The van der Waals surface area contributed by atoms with Gasteiger partial charge < -0.3 is 15.4 Å². The van der Waals surface area contributed by atoms with Gasteiger partial charge in [0.25, 0.3) is 0 Å². The van der Waals surface area contributed by atoms with E-state index in [9.17, 15) is 22.8 Å². The molecule has 0 heterocycles. The number of rotatable bonds is 5. The zero-order valence-corrected chi connectivity index (χ0v) is 8.85. The first-order chi connectivity index (χ1) is 7.26. The highest BCUT2D eigenvalue weighted by Gasteiger charge is 2.26. The number of hydrogen-bond donors (Lipinski definition) is 2. The normalized spacial score (nSPS) is 13.1. The standard InChI is InChI=1S/C8H13F3N2O3/c1-5(7(15)16-2)13-6(14)3-12-4-8(9,10)11/h5,12H,3-4H2,1-2H3,(H,13,14)/t5-/m0/s1. The first kappa shape index (κ1) is 14.7. The summed E-state index contributed by atoms with van der Waals surface area (Å²) < 4.78 is 39.4. The number of methoxy groups -OCH3 is 1. The summed E-state index contributed by atoms with van der Waals surface area (Å²) in [5.74, 6) is -1.37. The van der Waals surface area contributed by atoms with Gasteiger partial charge in [0.2, 0.25) is 5.91 Å². The van der Waals surface area contributed by atoms with E-state index >= 15 is 0 Å². The van der Waals surface area contributed by atoms with Crippen LogP contribution in [0.1, 0.15) is 6.92 Å². The molecule has 8 heteroatoms. The Bertz CT molecular complexity index is 255. The highest BCUT2D eigenvalue weighted by molar-refractivity contribution is 5.85. The van der Waals surface area contributed by atoms with Crippen molar-refractivity contribution in [2.24, 2.45) is 0 Å². The van der Waals surface area contributed by atoms with E-state index in [1.807, 2.05) is 5.32 Å². The molecule has 0 aromatic carbocycles. The van der Waals surface area contributed by atoms with Gasteiger partial charge in [-0.25, -0.2) is 4.79 Å². The summed E-state index contributed by atoms with van der Waals surface area (Å²) in [6.07, 6.45) is -4.37. The van der Waals surface area contributed by atoms with Crippen LogP contribution in [0.3, 0.4) is 0 Å². The largest absolute Gasteiger partial charge is 0.467 e. The van der Waals surface area contributed by atoms with Crippen LogP contribution in [0, 0.1) is 0 Å². The molecular formula is C8H13F3N2O3. The lowest BCUT2D eigenvalue weighted by Gasteiger charge is -2.12. The van der Waals surface area contributed by atoms with Gasteiger partial charge in [-0.05, 0) is 6.92 Å². The minimum Gasteiger partial charge on any atom is -0.467 e. The first-order valence-electron chi connectivity index (χ1n) is 4.41. The van der Waals surface area contributed by atoms with Crippen LogP contribution in [0.15, 0.2) is 0 Å². The highest BCUT2D eigenvalue weighted by Crippen LogP contribution is 2.11. The summed E-state index contributed by atoms with van der Waals surface area (Å²) in [6.45, 7) is -0.401. The minimum absolute atomic E-state index is 0.513. The monoisotopic (exact) mass is 242 g/mol. The molecule has 0 aromatic rings. The highest BCUT2D eigenvalue weighted by atomic mass is 19.4. The van der Waals surface area contributed by atoms with Crippen LogP contribution < -0.4 is 10.6 Å². The summed E-state index contributed by atoms with van der Waals surface area (Å²) >= 11 is 0. The Hall–Kier alpha value is -1.31. The quantitative estimate of drug-likeness (QED) is 0.656. The van der Waals surface area contributed by atoms with E-state index in [0.717, 1.165) is 7.11 Å². The lowest BCUT2D eigenvalue weighted by atomic mass is 10.3. The Morgan fingerprint density at radius 1 is 1.38 bits per heavy atom. The maximum atomic E-state index is 11.7. The van der Waals surface area contributed by atoms with Crippen molar-refractivity contribution in [3.8, 4) is 0 Å². The lowest BCUT2D eigenvalue weighted by Crippen LogP contribution is -2.44. The van der Waals surface area contributed by atoms with Crippen LogP contribution in [-0.4, -0.2) is 44.3 Å². The van der Waals surface area contributed by atoms with Crippen molar-refractivity contribution in [1.82, 2.24) is 10.6 Å². The van der Waals surface area contributed by atoms with Gasteiger partial charge in [-0.1, -0.05) is 0 Å². The molecule has 1 amide bonds. The van der Waals surface area contributed by atoms with Crippen LogP contribution in [-0.2, 0) is 14.3 Å². The SMILES string of the molecule is COC(=O)[C@H](C)NC(=O)CNCC(F)(F)F. The molecule has 0 aliphatic rings. The van der Waals surface area contributed by atoms with Crippen LogP contribution >= 0.6 is 0 Å². The van der Waals surface area contributed by atoms with E-state index in [4.69, 9.17) is 0 Å². The Balaban J connectivity index is 3.79. The second-order valence-electron chi connectivity index (χ2n) is 3.03. The molecule has 0 aromatic heterocycles. The van der Waals surface area contributed by atoms with E-state index in [1.54, 1.807) is 0 Å². The average Bonchev–Trinajstić information content (AvgIpc) is 2.14. The molecule has 0 radical (unpaired) electrons. The number of carbonyl (C=O) groups excluding carboxylic acids is 2. The molecule has 2 N–H and O–H groups in total. The lowest BCUT2D eigenvalue weighted by molar-refractivity contribution is -0.144. The first-order valence-corrected chi connectivity index (χ1v) is 4.41. The molecule has 0 unspecified atom stereocenters. The van der Waals surface area contributed by atoms with Gasteiger partial charge in [0.1, 0.15) is 6.04 Å². The number of nitrogens with one attached hydrogen (secondary N) is 2. The molecule has 0 saturated carbocycles. The Morgan fingerprint density at radius 2 is 1.94 bits per heavy atom. The summed E-state index contributed by atoms with van der Waals surface area (Å²) in [5.41, 5.74) is 0. The molecule has 0 saturated heterocycles. The third-order valence-corrected chi connectivity index (χ3v) is 1.54. The maximum Gasteiger partial charge on any atom is 0.401 e. The predicted molar refractivity (Wildman–Crippen MR) is 48.5 cm³/mol. The zero-order chi connectivity index (χ0) is 12.8. The van der Waals surface area contributed by atoms with Gasteiger partial charge >= 0.3 is 12.1 Å². The molecule has 1 atom stereocenters. The minimum atomic E-state index is -4.37. The maximum absolute atomic E-state index is 11.7. The number of hydrogen-bond acceptors (Lipinski definition) is 4. The Labute approximate surface area is 90.3 Å². The van der Waals surface area contributed by atoms with Crippen molar-refractivity contribution in [1.29, 1.82) is 0 Å². The molecule has 0 spiro atoms. The van der Waals surface area contributed by atoms with Crippen LogP contribution in [0.4, 0.5) is 13.2 Å². The number of esters is 1. The van der Waals surface area contributed by atoms with Crippen molar-refractivity contribution in [2.75, 3.05) is 20.2 Å². The number of amides is 1. The van der Waals surface area contributed by atoms with Crippen LogP contribution in [0.2, 0.25) is 0 Å². The Kier molecular flexibility index (Phi) is 5.79. The topological polar surface area (TPSA) is 67.4 Å². The molecule has 0 fully saturated rings. The van der Waals surface area contributed by atoms with Gasteiger partial charge in [-0.3, -0.25) is 4.79 Å². The molecule has 0 rings (SSSR count). The van der Waals surface area contributed by atoms with Crippen molar-refractivity contribution < 1.29 is 27.5 Å². The summed E-state index contributed by atoms with van der Waals surface area (Å²) in [7, 11) is 1.15. The molecular weight excluding hydrogens is 229 g/mol. The van der Waals surface area contributed by atoms with E-state index in [1.165, 1.54) is 6.92 Å². The van der Waals surface area contributed by atoms with Crippen LogP contribution in [0.5, 0.6) is 0 Å². The van der Waals surface area contributed by atoms with Crippen LogP contribution in [0.25, 0.3) is 0 Å². The van der Waals surface area contributed by atoms with Gasteiger partial charge in [-0.15, -0.1) is 0 Å². The number of ether oxygens (including phenoxy) is 1. The summed E-state index contributed by atoms with van der Waals surface area (Å²) in [6, 6.07) is -0.884. The smallest absolute Gasteiger partial charge is 0.401 e. The summed E-state index contributed by atoms with van der Waals surface area (Å²) in [4.78, 5) is 21.9. The fourth-order valence-electron chi connectivity index (χ4n) is 0.846. The van der Waals surface area contributed by atoms with Gasteiger partial charge in [0, 0.05) is 0 Å². The predicted octanol–water partition coefficient (Wildman–Crippen LogP) is -0.184. The molecule has 16 heavy (non-hydrogen) atoms.